The molecule has 0 aromatic heterocycles. The van der Waals surface area contributed by atoms with Gasteiger partial charge in [0, 0.05) is 26.6 Å². The highest BCUT2D eigenvalue weighted by Crippen LogP contribution is 2.06. The van der Waals surface area contributed by atoms with Crippen LogP contribution < -0.4 is 5.73 Å². The van der Waals surface area contributed by atoms with Crippen molar-refractivity contribution in [1.82, 2.24) is 4.90 Å². The number of nitrogens with zero attached hydrogens (tertiary/aromatic N) is 2. The first kappa shape index (κ1) is 17.0. The molecule has 0 bridgehead atoms. The second-order valence-electron chi connectivity index (χ2n) is 4.88. The quantitative estimate of drug-likeness (QED) is 0.326. The number of aryl methyl sites for hydroxylation is 1. The van der Waals surface area contributed by atoms with Crippen LogP contribution in [0.25, 0.3) is 0 Å². The van der Waals surface area contributed by atoms with Crippen LogP contribution in [0.4, 0.5) is 0 Å². The predicted molar refractivity (Wildman–Crippen MR) is 81.4 cm³/mol. The van der Waals surface area contributed by atoms with E-state index < -0.39 is 0 Å². The molecule has 21 heavy (non-hydrogen) atoms. The lowest BCUT2D eigenvalue weighted by atomic mass is 10.1. The molecule has 0 spiro atoms. The van der Waals surface area contributed by atoms with Gasteiger partial charge in [0.1, 0.15) is 5.84 Å². The number of amidine groups is 1. The minimum absolute atomic E-state index is 0.00152. The Labute approximate surface area is 125 Å². The van der Waals surface area contributed by atoms with Crippen molar-refractivity contribution in [3.05, 3.63) is 35.4 Å². The minimum Gasteiger partial charge on any atom is -0.409 e. The molecule has 116 valence electrons. The second kappa shape index (κ2) is 8.97. The molecule has 0 saturated carbocycles. The fraction of sp³-hybridized carbons (Fsp3) is 0.467. The van der Waals surface area contributed by atoms with Gasteiger partial charge in [-0.25, -0.2) is 0 Å². The summed E-state index contributed by atoms with van der Waals surface area (Å²) in [7, 11) is 1.59. The zero-order valence-electron chi connectivity index (χ0n) is 12.6. The summed E-state index contributed by atoms with van der Waals surface area (Å²) in [5, 5.41) is 11.5. The summed E-state index contributed by atoms with van der Waals surface area (Å²) in [6.07, 6.45) is 0.667. The third-order valence-electron chi connectivity index (χ3n) is 3.16. The molecule has 0 saturated heterocycles. The van der Waals surface area contributed by atoms with Crippen molar-refractivity contribution in [2.45, 2.75) is 19.8 Å². The average Bonchev–Trinajstić information content (AvgIpc) is 2.49. The van der Waals surface area contributed by atoms with Crippen LogP contribution in [0.15, 0.2) is 29.4 Å². The normalized spacial score (nSPS) is 11.4. The highest BCUT2D eigenvalue weighted by atomic mass is 16.5. The molecule has 3 N–H and O–H groups in total. The molecule has 0 atom stereocenters. The van der Waals surface area contributed by atoms with E-state index in [1.807, 2.05) is 31.2 Å². The number of ether oxygens (including phenoxy) is 1. The predicted octanol–water partition coefficient (Wildman–Crippen LogP) is 1.15. The van der Waals surface area contributed by atoms with Crippen LogP contribution in [-0.4, -0.2) is 48.7 Å². The Balaban J connectivity index is 2.63. The Kier molecular flexibility index (Phi) is 7.25. The summed E-state index contributed by atoms with van der Waals surface area (Å²) in [5.74, 6) is 0.113. The Morgan fingerprint density at radius 3 is 2.57 bits per heavy atom. The first-order valence-electron chi connectivity index (χ1n) is 6.85. The fourth-order valence-corrected chi connectivity index (χ4v) is 1.85. The molecule has 0 aliphatic heterocycles. The molecule has 1 amide bonds. The number of rotatable bonds is 8. The van der Waals surface area contributed by atoms with Crippen LogP contribution in [0.1, 0.15) is 17.5 Å². The van der Waals surface area contributed by atoms with Gasteiger partial charge in [-0.3, -0.25) is 4.79 Å². The number of nitrogens with two attached hydrogens (primary N) is 1. The van der Waals surface area contributed by atoms with Gasteiger partial charge in [0.2, 0.25) is 5.91 Å². The number of oxime groups is 1. The Morgan fingerprint density at radius 1 is 1.33 bits per heavy atom. The number of carbonyl (C=O) groups excluding carboxylic acids is 1. The van der Waals surface area contributed by atoms with Crippen LogP contribution >= 0.6 is 0 Å². The average molecular weight is 293 g/mol. The van der Waals surface area contributed by atoms with Crippen molar-refractivity contribution >= 4 is 11.7 Å². The number of carbonyl (C=O) groups is 1. The van der Waals surface area contributed by atoms with E-state index in [1.165, 1.54) is 0 Å². The molecule has 0 aliphatic carbocycles. The van der Waals surface area contributed by atoms with Crippen molar-refractivity contribution < 1.29 is 14.7 Å². The zero-order chi connectivity index (χ0) is 15.7. The molecule has 1 aromatic rings. The summed E-state index contributed by atoms with van der Waals surface area (Å²) >= 11 is 0. The van der Waals surface area contributed by atoms with E-state index in [2.05, 4.69) is 5.16 Å². The molecule has 1 aromatic carbocycles. The van der Waals surface area contributed by atoms with Gasteiger partial charge in [-0.2, -0.15) is 0 Å². The van der Waals surface area contributed by atoms with Gasteiger partial charge in [0.05, 0.1) is 13.0 Å². The molecular formula is C15H23N3O3. The minimum atomic E-state index is 0.00152. The molecule has 6 heteroatoms. The van der Waals surface area contributed by atoms with Crippen LogP contribution in [0.5, 0.6) is 0 Å². The summed E-state index contributed by atoms with van der Waals surface area (Å²) in [4.78, 5) is 14.0. The van der Waals surface area contributed by atoms with E-state index in [-0.39, 0.29) is 11.7 Å². The van der Waals surface area contributed by atoms with Crippen molar-refractivity contribution in [2.24, 2.45) is 10.9 Å². The van der Waals surface area contributed by atoms with Crippen LogP contribution in [0.2, 0.25) is 0 Å². The largest absolute Gasteiger partial charge is 0.409 e. The maximum absolute atomic E-state index is 12.3. The monoisotopic (exact) mass is 293 g/mol. The SMILES string of the molecule is COCCN(CCC(N)=NO)C(=O)Cc1ccc(C)cc1. The molecule has 1 rings (SSSR count). The maximum Gasteiger partial charge on any atom is 0.227 e. The molecule has 0 fully saturated rings. The smallest absolute Gasteiger partial charge is 0.227 e. The lowest BCUT2D eigenvalue weighted by Crippen LogP contribution is -2.37. The second-order valence-corrected chi connectivity index (χ2v) is 4.88. The number of hydrogen-bond donors (Lipinski definition) is 2. The molecule has 0 unspecified atom stereocenters. The van der Waals surface area contributed by atoms with Crippen molar-refractivity contribution in [3.63, 3.8) is 0 Å². The molecule has 6 nitrogen and oxygen atoms in total. The summed E-state index contributed by atoms with van der Waals surface area (Å²) in [5.41, 5.74) is 7.58. The lowest BCUT2D eigenvalue weighted by molar-refractivity contribution is -0.131. The van der Waals surface area contributed by atoms with E-state index in [9.17, 15) is 4.79 Å². The number of methoxy groups -OCH3 is 1. The van der Waals surface area contributed by atoms with Crippen LogP contribution in [0, 0.1) is 6.92 Å². The zero-order valence-corrected chi connectivity index (χ0v) is 12.6. The van der Waals surface area contributed by atoms with Gasteiger partial charge >= 0.3 is 0 Å². The fourth-order valence-electron chi connectivity index (χ4n) is 1.85. The van der Waals surface area contributed by atoms with Crippen molar-refractivity contribution in [1.29, 1.82) is 0 Å². The van der Waals surface area contributed by atoms with E-state index >= 15 is 0 Å². The van der Waals surface area contributed by atoms with Gasteiger partial charge in [-0.1, -0.05) is 35.0 Å². The van der Waals surface area contributed by atoms with E-state index in [1.54, 1.807) is 12.0 Å². The van der Waals surface area contributed by atoms with Gasteiger partial charge < -0.3 is 20.6 Å². The Morgan fingerprint density at radius 2 is 2.00 bits per heavy atom. The van der Waals surface area contributed by atoms with Crippen LogP contribution in [0.3, 0.4) is 0 Å². The number of hydrogen-bond acceptors (Lipinski definition) is 4. The van der Waals surface area contributed by atoms with E-state index in [4.69, 9.17) is 15.7 Å². The summed E-state index contributed by atoms with van der Waals surface area (Å²) in [6.45, 7) is 3.35. The molecular weight excluding hydrogens is 270 g/mol. The molecule has 0 aliphatic rings. The maximum atomic E-state index is 12.3. The van der Waals surface area contributed by atoms with Gasteiger partial charge in [0.25, 0.3) is 0 Å². The molecule has 0 heterocycles. The van der Waals surface area contributed by atoms with Crippen LogP contribution in [-0.2, 0) is 16.0 Å². The third kappa shape index (κ3) is 6.27. The number of benzene rings is 1. The van der Waals surface area contributed by atoms with Gasteiger partial charge in [0.15, 0.2) is 0 Å². The van der Waals surface area contributed by atoms with Crippen molar-refractivity contribution in [3.8, 4) is 0 Å². The first-order chi connectivity index (χ1) is 10.1. The highest BCUT2D eigenvalue weighted by Gasteiger charge is 2.14. The highest BCUT2D eigenvalue weighted by molar-refractivity contribution is 5.82. The van der Waals surface area contributed by atoms with E-state index in [0.29, 0.717) is 32.5 Å². The van der Waals surface area contributed by atoms with Gasteiger partial charge in [-0.15, -0.1) is 0 Å². The summed E-state index contributed by atoms with van der Waals surface area (Å²) in [6, 6.07) is 7.87. The molecule has 0 radical (unpaired) electrons. The van der Waals surface area contributed by atoms with E-state index in [0.717, 1.165) is 11.1 Å². The standard InChI is InChI=1S/C15H23N3O3/c1-12-3-5-13(6-4-12)11-15(19)18(9-10-21-2)8-7-14(16)17-20/h3-6,20H,7-11H2,1-2H3,(H2,16,17). The lowest BCUT2D eigenvalue weighted by Gasteiger charge is -2.22. The first-order valence-corrected chi connectivity index (χ1v) is 6.85. The topological polar surface area (TPSA) is 88.2 Å². The third-order valence-corrected chi connectivity index (χ3v) is 3.16. The van der Waals surface area contributed by atoms with Crippen molar-refractivity contribution in [2.75, 3.05) is 26.8 Å². The summed E-state index contributed by atoms with van der Waals surface area (Å²) < 4.78 is 5.02. The van der Waals surface area contributed by atoms with Gasteiger partial charge in [-0.05, 0) is 12.5 Å². The number of amides is 1. The Hall–Kier alpha value is -2.08. The Bertz CT molecular complexity index is 472.